The van der Waals surface area contributed by atoms with E-state index in [1.807, 2.05) is 0 Å². The predicted octanol–water partition coefficient (Wildman–Crippen LogP) is 5.65. The molecule has 4 aromatic rings. The van der Waals surface area contributed by atoms with Crippen LogP contribution in [0, 0.1) is 0 Å². The molecule has 33 heavy (non-hydrogen) atoms. The monoisotopic (exact) mass is 478 g/mol. The summed E-state index contributed by atoms with van der Waals surface area (Å²) in [6.07, 6.45) is 1.53. The molecule has 1 aromatic heterocycles. The highest BCUT2D eigenvalue weighted by atomic mass is 35.5. The molecule has 0 atom stereocenters. The van der Waals surface area contributed by atoms with Gasteiger partial charge in [0.15, 0.2) is 5.75 Å². The van der Waals surface area contributed by atoms with E-state index >= 15 is 0 Å². The highest BCUT2D eigenvalue weighted by Crippen LogP contribution is 2.35. The van der Waals surface area contributed by atoms with E-state index in [9.17, 15) is 5.11 Å². The van der Waals surface area contributed by atoms with Gasteiger partial charge in [-0.25, -0.2) is 4.98 Å². The summed E-state index contributed by atoms with van der Waals surface area (Å²) in [7, 11) is 0. The predicted molar refractivity (Wildman–Crippen MR) is 127 cm³/mol. The van der Waals surface area contributed by atoms with E-state index in [-0.39, 0.29) is 21.8 Å². The Morgan fingerprint density at radius 2 is 1.52 bits per heavy atom. The number of nitrogens with zero attached hydrogens (tertiary/aromatic N) is 4. The summed E-state index contributed by atoms with van der Waals surface area (Å²) >= 11 is 11.9. The summed E-state index contributed by atoms with van der Waals surface area (Å²) in [5.41, 5.74) is 6.19. The van der Waals surface area contributed by atoms with Crippen LogP contribution in [0.2, 0.25) is 10.0 Å². The van der Waals surface area contributed by atoms with Gasteiger partial charge in [0.1, 0.15) is 12.3 Å². The van der Waals surface area contributed by atoms with E-state index < -0.39 is 0 Å². The summed E-state index contributed by atoms with van der Waals surface area (Å²) in [6.45, 7) is 3.23. The van der Waals surface area contributed by atoms with Crippen molar-refractivity contribution in [3.05, 3.63) is 99.2 Å². The molecular formula is C25H20Cl2N4O2. The van der Waals surface area contributed by atoms with Crippen LogP contribution < -0.4 is 4.74 Å². The molecule has 6 nitrogen and oxygen atoms in total. The number of hydrogen-bond acceptors (Lipinski definition) is 6. The van der Waals surface area contributed by atoms with Crippen molar-refractivity contribution in [2.24, 2.45) is 0 Å². The van der Waals surface area contributed by atoms with Crippen LogP contribution in [0.4, 0.5) is 0 Å². The molecule has 0 radical (unpaired) electrons. The molecule has 0 spiro atoms. The summed E-state index contributed by atoms with van der Waals surface area (Å²) in [4.78, 5) is 6.64. The largest absolute Gasteiger partial charge is 0.505 e. The number of fused-ring (bicyclic) bond motifs is 1. The maximum absolute atomic E-state index is 9.69. The number of aromatic nitrogens is 3. The van der Waals surface area contributed by atoms with E-state index in [0.717, 1.165) is 25.2 Å². The minimum absolute atomic E-state index is 0.136. The average Bonchev–Trinajstić information content (AvgIpc) is 3.24. The molecule has 0 saturated carbocycles. The molecule has 1 N–H and O–H groups in total. The second-order valence-electron chi connectivity index (χ2n) is 7.93. The third kappa shape index (κ3) is 4.93. The lowest BCUT2D eigenvalue weighted by atomic mass is 10.1. The number of phenols is 1. The van der Waals surface area contributed by atoms with Crippen molar-refractivity contribution in [1.82, 2.24) is 20.1 Å². The zero-order chi connectivity index (χ0) is 22.8. The zero-order valence-corrected chi connectivity index (χ0v) is 19.1. The molecule has 5 rings (SSSR count). The first-order valence-corrected chi connectivity index (χ1v) is 11.2. The number of benzene rings is 3. The third-order valence-corrected chi connectivity index (χ3v) is 6.13. The Morgan fingerprint density at radius 3 is 2.12 bits per heavy atom. The molecule has 1 aliphatic rings. The van der Waals surface area contributed by atoms with Crippen LogP contribution in [0.1, 0.15) is 22.3 Å². The lowest BCUT2D eigenvalue weighted by Gasteiger charge is -2.15. The SMILES string of the molecule is Oc1c(Cl)cc(-c2cnc(OCc3ccc(CN4Cc5ccccc5C4)cc3)nn2)cc1Cl. The van der Waals surface area contributed by atoms with Crippen molar-refractivity contribution in [3.8, 4) is 23.0 Å². The number of phenolic OH excluding ortho intramolecular Hbond substituents is 1. The molecule has 2 heterocycles. The first-order chi connectivity index (χ1) is 16.0. The lowest BCUT2D eigenvalue weighted by molar-refractivity contribution is 0.273. The standard InChI is InChI=1S/C25H20Cl2N4O2/c26-21-9-20(10-22(27)24(21)32)23-11-28-25(30-29-23)33-15-17-7-5-16(6-8-17)12-31-13-18-3-1-2-4-19(18)14-31/h1-11,32H,12-15H2. The Kier molecular flexibility index (Phi) is 6.13. The van der Waals surface area contributed by atoms with E-state index in [0.29, 0.717) is 17.9 Å². The molecule has 0 fully saturated rings. The normalized spacial score (nSPS) is 13.2. The van der Waals surface area contributed by atoms with Crippen molar-refractivity contribution >= 4 is 23.2 Å². The number of hydrogen-bond donors (Lipinski definition) is 1. The summed E-state index contributed by atoms with van der Waals surface area (Å²) < 4.78 is 5.68. The quantitative estimate of drug-likeness (QED) is 0.386. The van der Waals surface area contributed by atoms with Crippen LogP contribution >= 0.6 is 23.2 Å². The Bertz CT molecular complexity index is 1230. The Balaban J connectivity index is 1.16. The van der Waals surface area contributed by atoms with Crippen LogP contribution in [0.25, 0.3) is 11.3 Å². The molecular weight excluding hydrogens is 459 g/mol. The molecule has 0 amide bonds. The molecule has 0 bridgehead atoms. The van der Waals surface area contributed by atoms with Gasteiger partial charge in [-0.3, -0.25) is 4.90 Å². The van der Waals surface area contributed by atoms with Gasteiger partial charge in [0.2, 0.25) is 0 Å². The fourth-order valence-electron chi connectivity index (χ4n) is 3.84. The minimum Gasteiger partial charge on any atom is -0.505 e. The molecule has 166 valence electrons. The zero-order valence-electron chi connectivity index (χ0n) is 17.6. The topological polar surface area (TPSA) is 71.4 Å². The fraction of sp³-hybridized carbons (Fsp3) is 0.160. The molecule has 3 aromatic carbocycles. The van der Waals surface area contributed by atoms with Gasteiger partial charge in [0.05, 0.1) is 16.2 Å². The first-order valence-electron chi connectivity index (χ1n) is 10.4. The van der Waals surface area contributed by atoms with Crippen LogP contribution in [0.15, 0.2) is 66.9 Å². The van der Waals surface area contributed by atoms with Gasteiger partial charge in [-0.15, -0.1) is 5.10 Å². The molecule has 0 unspecified atom stereocenters. The summed E-state index contributed by atoms with van der Waals surface area (Å²) in [6, 6.07) is 20.3. The number of aromatic hydroxyl groups is 1. The van der Waals surface area contributed by atoms with Gasteiger partial charge >= 0.3 is 6.01 Å². The molecule has 1 aliphatic heterocycles. The second-order valence-corrected chi connectivity index (χ2v) is 8.75. The maximum atomic E-state index is 9.69. The molecule has 8 heteroatoms. The Labute approximate surface area is 201 Å². The van der Waals surface area contributed by atoms with Crippen LogP contribution in [0.5, 0.6) is 11.8 Å². The second kappa shape index (κ2) is 9.35. The van der Waals surface area contributed by atoms with Gasteiger partial charge in [-0.2, -0.15) is 0 Å². The van der Waals surface area contributed by atoms with Crippen molar-refractivity contribution in [2.75, 3.05) is 0 Å². The first kappa shape index (κ1) is 21.6. The van der Waals surface area contributed by atoms with E-state index in [2.05, 4.69) is 68.6 Å². The summed E-state index contributed by atoms with van der Waals surface area (Å²) in [5, 5.41) is 18.1. The van der Waals surface area contributed by atoms with Gasteiger partial charge in [-0.05, 0) is 34.4 Å². The average molecular weight is 479 g/mol. The van der Waals surface area contributed by atoms with Crippen LogP contribution in [-0.4, -0.2) is 25.2 Å². The summed E-state index contributed by atoms with van der Waals surface area (Å²) in [5.74, 6) is -0.167. The molecule has 0 saturated heterocycles. The third-order valence-electron chi connectivity index (χ3n) is 5.56. The van der Waals surface area contributed by atoms with Crippen LogP contribution in [0.3, 0.4) is 0 Å². The van der Waals surface area contributed by atoms with Gasteiger partial charge < -0.3 is 9.84 Å². The Morgan fingerprint density at radius 1 is 0.879 bits per heavy atom. The maximum Gasteiger partial charge on any atom is 0.336 e. The van der Waals surface area contributed by atoms with Gasteiger partial charge in [0, 0.05) is 25.2 Å². The van der Waals surface area contributed by atoms with Gasteiger partial charge in [0.25, 0.3) is 0 Å². The highest BCUT2D eigenvalue weighted by molar-refractivity contribution is 6.37. The fourth-order valence-corrected chi connectivity index (χ4v) is 4.33. The highest BCUT2D eigenvalue weighted by Gasteiger charge is 2.18. The van der Waals surface area contributed by atoms with Gasteiger partial charge in [-0.1, -0.05) is 76.8 Å². The number of ether oxygens (including phenoxy) is 1. The van der Waals surface area contributed by atoms with E-state index in [1.165, 1.54) is 22.9 Å². The van der Waals surface area contributed by atoms with E-state index in [4.69, 9.17) is 27.9 Å². The van der Waals surface area contributed by atoms with Crippen molar-refractivity contribution < 1.29 is 9.84 Å². The smallest absolute Gasteiger partial charge is 0.336 e. The van der Waals surface area contributed by atoms with Crippen molar-refractivity contribution in [2.45, 2.75) is 26.2 Å². The molecule has 0 aliphatic carbocycles. The van der Waals surface area contributed by atoms with E-state index in [1.54, 1.807) is 12.1 Å². The van der Waals surface area contributed by atoms with Crippen LogP contribution in [-0.2, 0) is 26.2 Å². The van der Waals surface area contributed by atoms with Crippen molar-refractivity contribution in [3.63, 3.8) is 0 Å². The minimum atomic E-state index is -0.167. The lowest BCUT2D eigenvalue weighted by Crippen LogP contribution is -2.15. The Hall–Kier alpha value is -3.19. The number of halogens is 2. The van der Waals surface area contributed by atoms with Crippen molar-refractivity contribution in [1.29, 1.82) is 0 Å². The number of rotatable bonds is 6.